The normalized spacial score (nSPS) is 18.6. The van der Waals surface area contributed by atoms with E-state index >= 15 is 0 Å². The Hall–Kier alpha value is -4.28. The molecule has 3 aliphatic rings. The minimum atomic E-state index is -5.30. The fourth-order valence-electron chi connectivity index (χ4n) is 8.32. The number of anilines is 1. The van der Waals surface area contributed by atoms with Gasteiger partial charge in [-0.2, -0.15) is 0 Å². The summed E-state index contributed by atoms with van der Waals surface area (Å²) in [6.07, 6.45) is 0.766. The van der Waals surface area contributed by atoms with Crippen molar-refractivity contribution in [3.63, 3.8) is 0 Å². The molecule has 1 unspecified atom stereocenters. The molecular formula is C45H44N7Na2O7P. The fraction of sp³-hybridized carbons (Fsp3) is 0.222. The second kappa shape index (κ2) is 20.9. The topological polar surface area (TPSA) is 164 Å². The third-order valence-electron chi connectivity index (χ3n) is 10.9. The number of hydrogen-bond donors (Lipinski definition) is 2. The van der Waals surface area contributed by atoms with Gasteiger partial charge in [-0.05, 0) is 39.9 Å². The average molecular weight is 872 g/mol. The van der Waals surface area contributed by atoms with Crippen molar-refractivity contribution in [3.05, 3.63) is 179 Å². The van der Waals surface area contributed by atoms with E-state index in [9.17, 15) is 28.7 Å². The molecule has 5 aromatic carbocycles. The van der Waals surface area contributed by atoms with Gasteiger partial charge >= 0.3 is 65.1 Å². The number of carbonyl (C=O) groups is 3. The molecule has 3 heterocycles. The number of piperazine rings is 1. The molecule has 3 aliphatic heterocycles. The molecule has 3 atom stereocenters. The first-order chi connectivity index (χ1) is 29.1. The van der Waals surface area contributed by atoms with Crippen LogP contribution in [0.3, 0.4) is 0 Å². The van der Waals surface area contributed by atoms with E-state index in [-0.39, 0.29) is 122 Å². The van der Waals surface area contributed by atoms with Crippen LogP contribution in [0.25, 0.3) is 0 Å². The molecule has 308 valence electrons. The molecule has 2 fully saturated rings. The number of nitrogens with zero attached hydrogens (tertiary/aromatic N) is 5. The second-order valence-corrected chi connectivity index (χ2v) is 16.0. The smallest absolute Gasteiger partial charge is 0.780 e. The Morgan fingerprint density at radius 3 is 2.11 bits per heavy atom. The van der Waals surface area contributed by atoms with Crippen molar-refractivity contribution in [2.75, 3.05) is 24.6 Å². The van der Waals surface area contributed by atoms with E-state index in [0.29, 0.717) is 12.1 Å². The minimum absolute atomic E-state index is 0. The van der Waals surface area contributed by atoms with E-state index in [1.54, 1.807) is 28.1 Å². The summed E-state index contributed by atoms with van der Waals surface area (Å²) in [6.45, 7) is 4.88. The van der Waals surface area contributed by atoms with Gasteiger partial charge in [0.25, 0.3) is 0 Å². The van der Waals surface area contributed by atoms with Gasteiger partial charge in [0.1, 0.15) is 25.8 Å². The summed E-state index contributed by atoms with van der Waals surface area (Å²) in [6, 6.07) is 40.0. The molecule has 0 bridgehead atoms. The summed E-state index contributed by atoms with van der Waals surface area (Å²) in [4.78, 5) is 69.3. The number of amides is 4. The molecule has 17 heteroatoms. The number of hydrogen-bond acceptors (Lipinski definition) is 10. The summed E-state index contributed by atoms with van der Waals surface area (Å²) in [5, 5.41) is 8.32. The quantitative estimate of drug-likeness (QED) is 0.0789. The molecule has 62 heavy (non-hydrogen) atoms. The molecule has 0 aromatic heterocycles. The van der Waals surface area contributed by atoms with Gasteiger partial charge in [-0.25, -0.2) is 20.2 Å². The standard InChI is InChI=1S/C45H46N7O7P.2Na/c1-2-25-49-31-41(53)51-39(26-32-21-23-37(24-22-32)59-60(56,57)58)44(54)48(30-40(51)52(49)45(55)46-27-33-13-6-3-7-14-33)29-36-19-12-20-38-42(35-17-10-5-11-18-35)47-50(43(36)38)28-34-15-8-4-9-16-34;;/h2-24,39-40,42,47H,1,25-31H2,(H,46,55)(H2,56,57,58);;/q;2*+1/p-2/t39-,40-,42?;;/m0../s1. The van der Waals surface area contributed by atoms with Gasteiger partial charge in [-0.3, -0.25) is 9.59 Å². The first-order valence-electron chi connectivity index (χ1n) is 19.7. The van der Waals surface area contributed by atoms with Crippen molar-refractivity contribution >= 4 is 31.4 Å². The number of phosphoric ester groups is 1. The third-order valence-corrected chi connectivity index (χ3v) is 11.4. The Bertz CT molecular complexity index is 2400. The predicted octanol–water partition coefficient (Wildman–Crippen LogP) is -1.75. The van der Waals surface area contributed by atoms with Gasteiger partial charge in [-0.15, -0.1) is 6.58 Å². The van der Waals surface area contributed by atoms with E-state index in [2.05, 4.69) is 57.2 Å². The molecular weight excluding hydrogens is 827 g/mol. The molecule has 0 radical (unpaired) electrons. The van der Waals surface area contributed by atoms with Gasteiger partial charge in [0.15, 0.2) is 0 Å². The number of carbonyl (C=O) groups excluding carboxylic acids is 3. The summed E-state index contributed by atoms with van der Waals surface area (Å²) < 4.78 is 15.8. The van der Waals surface area contributed by atoms with Crippen molar-refractivity contribution in [2.45, 2.75) is 44.3 Å². The second-order valence-electron chi connectivity index (χ2n) is 14.9. The van der Waals surface area contributed by atoms with Crippen LogP contribution >= 0.6 is 7.82 Å². The first-order valence-corrected chi connectivity index (χ1v) is 21.1. The van der Waals surface area contributed by atoms with Gasteiger partial charge in [0.05, 0.1) is 31.4 Å². The van der Waals surface area contributed by atoms with Crippen LogP contribution in [0, 0.1) is 0 Å². The summed E-state index contributed by atoms with van der Waals surface area (Å²) >= 11 is 0. The van der Waals surface area contributed by atoms with Crippen molar-refractivity contribution in [1.82, 2.24) is 30.6 Å². The Balaban J connectivity index is 0.00000321. The van der Waals surface area contributed by atoms with E-state index in [4.69, 9.17) is 0 Å². The van der Waals surface area contributed by atoms with Crippen LogP contribution in [-0.4, -0.2) is 69.5 Å². The fourth-order valence-corrected chi connectivity index (χ4v) is 8.70. The number of urea groups is 1. The SMILES string of the molecule is C=CCN1CC(=O)N2[C@@H](Cc3ccc(OP(=O)([O-])[O-])cc3)C(=O)N(Cc3cccc4c3N(Cc3ccccc3)NC4c3ccccc3)C[C@@H]2N1C(=O)NCc1ccccc1.[Na+].[Na+]. The van der Waals surface area contributed by atoms with Crippen LogP contribution < -0.4 is 89.2 Å². The van der Waals surface area contributed by atoms with Crippen LogP contribution in [0.15, 0.2) is 146 Å². The number of fused-ring (bicyclic) bond motifs is 2. The molecule has 2 N–H and O–H groups in total. The maximum absolute atomic E-state index is 15.0. The van der Waals surface area contributed by atoms with Gasteiger partial charge in [0, 0.05) is 31.6 Å². The van der Waals surface area contributed by atoms with E-state index in [0.717, 1.165) is 33.5 Å². The number of benzene rings is 5. The Morgan fingerprint density at radius 1 is 0.823 bits per heavy atom. The van der Waals surface area contributed by atoms with Crippen molar-refractivity contribution in [1.29, 1.82) is 0 Å². The number of nitrogens with one attached hydrogen (secondary N) is 2. The van der Waals surface area contributed by atoms with Gasteiger partial charge in [-0.1, -0.05) is 127 Å². The predicted molar refractivity (Wildman–Crippen MR) is 221 cm³/mol. The number of phosphoric acid groups is 1. The Morgan fingerprint density at radius 2 is 1.47 bits per heavy atom. The summed E-state index contributed by atoms with van der Waals surface area (Å²) in [7, 11) is -5.30. The van der Waals surface area contributed by atoms with E-state index < -0.39 is 26.1 Å². The molecule has 5 aromatic rings. The minimum Gasteiger partial charge on any atom is -0.780 e. The Labute approximate surface area is 405 Å². The average Bonchev–Trinajstić information content (AvgIpc) is 3.61. The van der Waals surface area contributed by atoms with Crippen molar-refractivity contribution < 1.29 is 92.4 Å². The monoisotopic (exact) mass is 871 g/mol. The third kappa shape index (κ3) is 10.7. The Kier molecular flexibility index (Phi) is 15.9. The molecule has 14 nitrogen and oxygen atoms in total. The van der Waals surface area contributed by atoms with Crippen molar-refractivity contribution in [3.8, 4) is 5.75 Å². The molecule has 0 spiro atoms. The summed E-state index contributed by atoms with van der Waals surface area (Å²) in [5.41, 5.74) is 10.2. The van der Waals surface area contributed by atoms with Crippen LogP contribution in [0.5, 0.6) is 5.75 Å². The van der Waals surface area contributed by atoms with Gasteiger partial charge < -0.3 is 39.0 Å². The summed E-state index contributed by atoms with van der Waals surface area (Å²) in [5.74, 6) is -0.824. The van der Waals surface area contributed by atoms with E-state index in [1.165, 1.54) is 22.0 Å². The maximum atomic E-state index is 15.0. The molecule has 4 amide bonds. The number of rotatable bonds is 13. The van der Waals surface area contributed by atoms with Crippen LogP contribution in [0.4, 0.5) is 10.5 Å². The zero-order valence-corrected chi connectivity index (χ0v) is 39.6. The zero-order valence-electron chi connectivity index (χ0n) is 34.7. The zero-order chi connectivity index (χ0) is 41.8. The number of para-hydroxylation sites is 1. The van der Waals surface area contributed by atoms with Crippen LogP contribution in [0.2, 0.25) is 0 Å². The number of hydrazine groups is 2. The molecule has 2 saturated heterocycles. The van der Waals surface area contributed by atoms with Crippen LogP contribution in [0.1, 0.15) is 39.4 Å². The van der Waals surface area contributed by atoms with Crippen LogP contribution in [-0.2, 0) is 40.2 Å². The first kappa shape index (κ1) is 47.2. The molecule has 8 rings (SSSR count). The van der Waals surface area contributed by atoms with Crippen molar-refractivity contribution in [2.24, 2.45) is 0 Å². The largest absolute Gasteiger partial charge is 1.00 e. The van der Waals surface area contributed by atoms with Gasteiger partial charge in [0.2, 0.25) is 11.8 Å². The molecule has 0 aliphatic carbocycles. The maximum Gasteiger partial charge on any atom is 1.00 e. The van der Waals surface area contributed by atoms with E-state index in [1.807, 2.05) is 78.9 Å². The molecule has 0 saturated carbocycles.